The Bertz CT molecular complexity index is 509. The third-order valence-electron chi connectivity index (χ3n) is 2.08. The molecule has 72 valence electrons. The van der Waals surface area contributed by atoms with Crippen LogP contribution in [-0.4, -0.2) is 4.98 Å². The van der Waals surface area contributed by atoms with Gasteiger partial charge >= 0.3 is 0 Å². The predicted molar refractivity (Wildman–Crippen MR) is 62.6 cm³/mol. The van der Waals surface area contributed by atoms with Gasteiger partial charge in [-0.25, -0.2) is 0 Å². The Kier molecular flexibility index (Phi) is 2.71. The molecule has 0 amide bonds. The molecule has 0 saturated heterocycles. The van der Waals surface area contributed by atoms with Crippen LogP contribution in [0.15, 0.2) is 42.6 Å². The van der Waals surface area contributed by atoms with Crippen molar-refractivity contribution in [3.8, 4) is 23.6 Å². The molecule has 1 aromatic carbocycles. The van der Waals surface area contributed by atoms with Crippen LogP contribution >= 0.6 is 11.6 Å². The normalized spacial score (nSPS) is 9.60. The van der Waals surface area contributed by atoms with E-state index in [4.69, 9.17) is 18.0 Å². The molecule has 0 aliphatic rings. The highest BCUT2D eigenvalue weighted by atomic mass is 35.5. The van der Waals surface area contributed by atoms with Crippen LogP contribution in [-0.2, 0) is 0 Å². The smallest absolute Gasteiger partial charge is 0.0717 e. The first-order valence-electron chi connectivity index (χ1n) is 4.49. The van der Waals surface area contributed by atoms with Crippen LogP contribution in [0.2, 0.25) is 5.02 Å². The van der Waals surface area contributed by atoms with Crippen molar-refractivity contribution in [1.29, 1.82) is 0 Å². The van der Waals surface area contributed by atoms with Crippen LogP contribution in [0.5, 0.6) is 0 Å². The van der Waals surface area contributed by atoms with Crippen LogP contribution in [0.1, 0.15) is 5.56 Å². The van der Waals surface area contributed by atoms with Gasteiger partial charge in [0, 0.05) is 22.3 Å². The minimum atomic E-state index is 0.693. The van der Waals surface area contributed by atoms with E-state index in [2.05, 4.69) is 10.9 Å². The Balaban J connectivity index is 2.47. The molecule has 0 spiro atoms. The van der Waals surface area contributed by atoms with Gasteiger partial charge in [-0.2, -0.15) is 0 Å². The van der Waals surface area contributed by atoms with Gasteiger partial charge < -0.3 is 0 Å². The first-order valence-corrected chi connectivity index (χ1v) is 4.86. The molecule has 0 saturated carbocycles. The summed E-state index contributed by atoms with van der Waals surface area (Å²) in [5, 5.41) is 0.693. The highest BCUT2D eigenvalue weighted by Gasteiger charge is 2.02. The zero-order valence-electron chi connectivity index (χ0n) is 7.94. The SMILES string of the molecule is C#Cc1ccc(-c2ccccc2Cl)nc1. The van der Waals surface area contributed by atoms with E-state index in [0.717, 1.165) is 16.8 Å². The Morgan fingerprint density at radius 1 is 1.13 bits per heavy atom. The topological polar surface area (TPSA) is 12.9 Å². The van der Waals surface area contributed by atoms with Crippen molar-refractivity contribution in [1.82, 2.24) is 4.98 Å². The number of nitrogens with zero attached hydrogens (tertiary/aromatic N) is 1. The molecule has 1 heterocycles. The third kappa shape index (κ3) is 2.01. The largest absolute Gasteiger partial charge is 0.255 e. The van der Waals surface area contributed by atoms with E-state index in [0.29, 0.717) is 5.02 Å². The van der Waals surface area contributed by atoms with Crippen LogP contribution in [0.4, 0.5) is 0 Å². The summed E-state index contributed by atoms with van der Waals surface area (Å²) in [6.45, 7) is 0. The van der Waals surface area contributed by atoms with Gasteiger partial charge in [-0.1, -0.05) is 35.7 Å². The van der Waals surface area contributed by atoms with Crippen molar-refractivity contribution in [2.75, 3.05) is 0 Å². The average molecular weight is 214 g/mol. The Morgan fingerprint density at radius 3 is 2.53 bits per heavy atom. The summed E-state index contributed by atoms with van der Waals surface area (Å²) in [6, 6.07) is 11.3. The summed E-state index contributed by atoms with van der Waals surface area (Å²) in [5.74, 6) is 2.52. The molecule has 0 unspecified atom stereocenters. The van der Waals surface area contributed by atoms with E-state index >= 15 is 0 Å². The summed E-state index contributed by atoms with van der Waals surface area (Å²) < 4.78 is 0. The molecule has 2 heteroatoms. The van der Waals surface area contributed by atoms with E-state index in [1.54, 1.807) is 6.20 Å². The summed E-state index contributed by atoms with van der Waals surface area (Å²) >= 11 is 6.05. The fourth-order valence-corrected chi connectivity index (χ4v) is 1.54. The lowest BCUT2D eigenvalue weighted by atomic mass is 10.1. The number of terminal acetylenes is 1. The molecule has 0 radical (unpaired) electrons. The second-order valence-corrected chi connectivity index (χ2v) is 3.46. The maximum absolute atomic E-state index is 6.05. The zero-order valence-corrected chi connectivity index (χ0v) is 8.70. The highest BCUT2D eigenvalue weighted by molar-refractivity contribution is 6.33. The molecule has 0 aliphatic heterocycles. The predicted octanol–water partition coefficient (Wildman–Crippen LogP) is 3.38. The fraction of sp³-hybridized carbons (Fsp3) is 0. The van der Waals surface area contributed by atoms with Crippen molar-refractivity contribution in [3.05, 3.63) is 53.2 Å². The molecule has 2 aromatic rings. The second kappa shape index (κ2) is 4.16. The number of pyridine rings is 1. The van der Waals surface area contributed by atoms with Crippen molar-refractivity contribution in [2.24, 2.45) is 0 Å². The summed E-state index contributed by atoms with van der Waals surface area (Å²) in [4.78, 5) is 4.25. The third-order valence-corrected chi connectivity index (χ3v) is 2.41. The first kappa shape index (κ1) is 9.76. The molecule has 0 fully saturated rings. The van der Waals surface area contributed by atoms with Gasteiger partial charge in [0.25, 0.3) is 0 Å². The van der Waals surface area contributed by atoms with Crippen molar-refractivity contribution in [2.45, 2.75) is 0 Å². The first-order chi connectivity index (χ1) is 7.31. The van der Waals surface area contributed by atoms with Crippen LogP contribution in [0.25, 0.3) is 11.3 Å². The lowest BCUT2D eigenvalue weighted by Crippen LogP contribution is -1.85. The Hall–Kier alpha value is -1.78. The average Bonchev–Trinajstić information content (AvgIpc) is 2.30. The molecule has 15 heavy (non-hydrogen) atoms. The maximum atomic E-state index is 6.05. The van der Waals surface area contributed by atoms with Crippen LogP contribution in [0.3, 0.4) is 0 Å². The Morgan fingerprint density at radius 2 is 1.93 bits per heavy atom. The van der Waals surface area contributed by atoms with E-state index in [1.807, 2.05) is 36.4 Å². The zero-order chi connectivity index (χ0) is 10.7. The standard InChI is InChI=1S/C13H8ClN/c1-2-10-7-8-13(15-9-10)11-5-3-4-6-12(11)14/h1,3-9H. The van der Waals surface area contributed by atoms with Crippen molar-refractivity contribution < 1.29 is 0 Å². The van der Waals surface area contributed by atoms with Gasteiger partial charge in [-0.05, 0) is 18.2 Å². The fourth-order valence-electron chi connectivity index (χ4n) is 1.31. The number of hydrogen-bond acceptors (Lipinski definition) is 1. The molecule has 0 bridgehead atoms. The summed E-state index contributed by atoms with van der Waals surface area (Å²) in [6.07, 6.45) is 6.92. The molecule has 1 nitrogen and oxygen atoms in total. The van der Waals surface area contributed by atoms with E-state index < -0.39 is 0 Å². The van der Waals surface area contributed by atoms with E-state index in [1.165, 1.54) is 0 Å². The second-order valence-electron chi connectivity index (χ2n) is 3.06. The number of hydrogen-bond donors (Lipinski definition) is 0. The number of aromatic nitrogens is 1. The van der Waals surface area contributed by atoms with Gasteiger partial charge in [0.1, 0.15) is 0 Å². The highest BCUT2D eigenvalue weighted by Crippen LogP contribution is 2.25. The van der Waals surface area contributed by atoms with Gasteiger partial charge in [-0.15, -0.1) is 6.42 Å². The molecule has 0 aliphatic carbocycles. The van der Waals surface area contributed by atoms with E-state index in [-0.39, 0.29) is 0 Å². The molecular weight excluding hydrogens is 206 g/mol. The molecule has 0 atom stereocenters. The minimum absolute atomic E-state index is 0.693. The lowest BCUT2D eigenvalue weighted by molar-refractivity contribution is 1.31. The minimum Gasteiger partial charge on any atom is -0.255 e. The van der Waals surface area contributed by atoms with Crippen molar-refractivity contribution >= 4 is 11.6 Å². The molecule has 1 aromatic heterocycles. The number of halogens is 1. The maximum Gasteiger partial charge on any atom is 0.0717 e. The lowest BCUT2D eigenvalue weighted by Gasteiger charge is -2.02. The Labute approximate surface area is 93.7 Å². The van der Waals surface area contributed by atoms with Crippen LogP contribution in [0, 0.1) is 12.3 Å². The van der Waals surface area contributed by atoms with Gasteiger partial charge in [-0.3, -0.25) is 4.98 Å². The monoisotopic (exact) mass is 213 g/mol. The van der Waals surface area contributed by atoms with Gasteiger partial charge in [0.15, 0.2) is 0 Å². The number of benzene rings is 1. The number of rotatable bonds is 1. The molecule has 2 rings (SSSR count). The van der Waals surface area contributed by atoms with Gasteiger partial charge in [0.05, 0.1) is 5.69 Å². The molecular formula is C13H8ClN. The van der Waals surface area contributed by atoms with Gasteiger partial charge in [0.2, 0.25) is 0 Å². The molecule has 0 N–H and O–H groups in total. The summed E-state index contributed by atoms with van der Waals surface area (Å²) in [5.41, 5.74) is 2.52. The van der Waals surface area contributed by atoms with E-state index in [9.17, 15) is 0 Å². The quantitative estimate of drug-likeness (QED) is 0.662. The van der Waals surface area contributed by atoms with Crippen molar-refractivity contribution in [3.63, 3.8) is 0 Å². The van der Waals surface area contributed by atoms with Crippen LogP contribution < -0.4 is 0 Å². The summed E-state index contributed by atoms with van der Waals surface area (Å²) in [7, 11) is 0.